The summed E-state index contributed by atoms with van der Waals surface area (Å²) < 4.78 is 0. The van der Waals surface area contributed by atoms with Gasteiger partial charge >= 0.3 is 0 Å². The molecule has 0 N–H and O–H groups in total. The number of rotatable bonds is 0. The molecule has 1 aromatic carbocycles. The molecule has 12 heavy (non-hydrogen) atoms. The van der Waals surface area contributed by atoms with Crippen LogP contribution in [0.4, 0.5) is 0 Å². The van der Waals surface area contributed by atoms with E-state index >= 15 is 0 Å². The normalized spacial score (nSPS) is 13.1. The van der Waals surface area contributed by atoms with E-state index < -0.39 is 0 Å². The molecule has 0 bridgehead atoms. The van der Waals surface area contributed by atoms with Crippen LogP contribution in [0.1, 0.15) is 5.56 Å². The zero-order chi connectivity index (χ0) is 8.55. The first kappa shape index (κ1) is 7.51. The van der Waals surface area contributed by atoms with Gasteiger partial charge in [-0.05, 0) is 17.7 Å². The van der Waals surface area contributed by atoms with Crippen LogP contribution in [0.3, 0.4) is 0 Å². The fourth-order valence-corrected chi connectivity index (χ4v) is 1.55. The first-order valence-corrected chi connectivity index (χ1v) is 4.16. The second-order valence-corrected chi connectivity index (χ2v) is 3.16. The van der Waals surface area contributed by atoms with E-state index in [9.17, 15) is 0 Å². The molecular formula is C11H8Cl+. The highest BCUT2D eigenvalue weighted by atomic mass is 35.5. The number of hydrogen-bond donors (Lipinski definition) is 0. The van der Waals surface area contributed by atoms with Gasteiger partial charge in [-0.1, -0.05) is 6.58 Å². The third kappa shape index (κ3) is 1.05. The zero-order valence-corrected chi connectivity index (χ0v) is 7.31. The van der Waals surface area contributed by atoms with E-state index in [0.29, 0.717) is 0 Å². The Morgan fingerprint density at radius 2 is 2.17 bits per heavy atom. The van der Waals surface area contributed by atoms with Crippen LogP contribution < -0.4 is 10.4 Å². The van der Waals surface area contributed by atoms with E-state index in [1.54, 1.807) is 0 Å². The van der Waals surface area contributed by atoms with Gasteiger partial charge in [0.1, 0.15) is 10.6 Å². The maximum atomic E-state index is 6.00. The molecule has 1 heteroatoms. The van der Waals surface area contributed by atoms with Crippen molar-refractivity contribution in [1.29, 1.82) is 0 Å². The van der Waals surface area contributed by atoms with Gasteiger partial charge in [-0.25, -0.2) is 0 Å². The lowest BCUT2D eigenvalue weighted by atomic mass is 10.0. The molecule has 1 aliphatic carbocycles. The summed E-state index contributed by atoms with van der Waals surface area (Å²) in [5.74, 6) is 0. The molecule has 0 radical (unpaired) electrons. The van der Waals surface area contributed by atoms with Crippen molar-refractivity contribution in [1.82, 2.24) is 0 Å². The highest BCUT2D eigenvalue weighted by molar-refractivity contribution is 6.31. The summed E-state index contributed by atoms with van der Waals surface area (Å²) in [4.78, 5) is 0. The Labute approximate surface area is 76.5 Å². The van der Waals surface area contributed by atoms with E-state index in [0.717, 1.165) is 21.0 Å². The van der Waals surface area contributed by atoms with E-state index in [2.05, 4.69) is 6.58 Å². The van der Waals surface area contributed by atoms with Crippen molar-refractivity contribution >= 4 is 24.3 Å². The van der Waals surface area contributed by atoms with Crippen LogP contribution in [0, 0.1) is 6.42 Å². The number of allylic oxidation sites excluding steroid dienone is 2. The molecule has 1 aliphatic rings. The fraction of sp³-hybridized carbons (Fsp3) is 0. The van der Waals surface area contributed by atoms with Gasteiger partial charge < -0.3 is 0 Å². The largest absolute Gasteiger partial charge is 0.128 e. The van der Waals surface area contributed by atoms with Crippen molar-refractivity contribution in [2.45, 2.75) is 0 Å². The lowest BCUT2D eigenvalue weighted by Crippen LogP contribution is -2.27. The van der Waals surface area contributed by atoms with Gasteiger partial charge in [0.25, 0.3) is 0 Å². The van der Waals surface area contributed by atoms with Crippen molar-refractivity contribution < 1.29 is 0 Å². The summed E-state index contributed by atoms with van der Waals surface area (Å²) in [5.41, 5.74) is 1.08. The van der Waals surface area contributed by atoms with E-state index in [4.69, 9.17) is 11.6 Å². The van der Waals surface area contributed by atoms with Gasteiger partial charge in [0.2, 0.25) is 0 Å². The smallest absolute Gasteiger partial charge is 0.0811 e. The van der Waals surface area contributed by atoms with Gasteiger partial charge in [0, 0.05) is 35.9 Å². The maximum Gasteiger partial charge on any atom is 0.128 e. The number of fused-ring (bicyclic) bond motifs is 1. The first-order chi connectivity index (χ1) is 5.79. The third-order valence-corrected chi connectivity index (χ3v) is 2.29. The lowest BCUT2D eigenvalue weighted by Gasteiger charge is -1.97. The molecule has 1 aromatic rings. The summed E-state index contributed by atoms with van der Waals surface area (Å²) in [6.07, 6.45) is 8.01. The zero-order valence-electron chi connectivity index (χ0n) is 6.55. The average Bonchev–Trinajstić information content (AvgIpc) is 2.12. The first-order valence-electron chi connectivity index (χ1n) is 3.78. The minimum Gasteiger partial charge on any atom is -0.0811 e. The quantitative estimate of drug-likeness (QED) is 0.526. The molecule has 58 valence electrons. The highest BCUT2D eigenvalue weighted by Crippen LogP contribution is 2.13. The predicted octanol–water partition coefficient (Wildman–Crippen LogP) is 1.65. The molecule has 0 nitrogen and oxygen atoms in total. The predicted molar refractivity (Wildman–Crippen MR) is 53.2 cm³/mol. The Balaban J connectivity index is 2.90. The van der Waals surface area contributed by atoms with Crippen molar-refractivity contribution in [3.63, 3.8) is 0 Å². The van der Waals surface area contributed by atoms with Crippen LogP contribution in [-0.4, -0.2) is 0 Å². The number of benzene rings is 1. The molecular weight excluding hydrogens is 168 g/mol. The van der Waals surface area contributed by atoms with Crippen molar-refractivity contribution in [2.24, 2.45) is 0 Å². The lowest BCUT2D eigenvalue weighted by molar-refractivity contribution is 1.40. The highest BCUT2D eigenvalue weighted by Gasteiger charge is 2.10. The van der Waals surface area contributed by atoms with Crippen LogP contribution >= 0.6 is 11.6 Å². The molecule has 0 saturated heterocycles. The molecule has 0 aliphatic heterocycles. The SMILES string of the molecule is C=c1ccc(Cl)c2c1=CC=C[CH+]2. The molecule has 0 saturated carbocycles. The van der Waals surface area contributed by atoms with E-state index in [-0.39, 0.29) is 0 Å². The van der Waals surface area contributed by atoms with E-state index in [1.807, 2.05) is 36.8 Å². The van der Waals surface area contributed by atoms with Crippen LogP contribution in [0.2, 0.25) is 5.02 Å². The molecule has 0 aromatic heterocycles. The van der Waals surface area contributed by atoms with Crippen LogP contribution in [0.25, 0.3) is 12.7 Å². The Hall–Kier alpha value is -1.14. The van der Waals surface area contributed by atoms with Crippen LogP contribution in [-0.2, 0) is 0 Å². The molecule has 2 rings (SSSR count). The van der Waals surface area contributed by atoms with E-state index in [1.165, 1.54) is 0 Å². The molecule has 0 amide bonds. The fourth-order valence-electron chi connectivity index (χ4n) is 1.32. The van der Waals surface area contributed by atoms with Crippen molar-refractivity contribution in [3.8, 4) is 0 Å². The molecule has 0 heterocycles. The summed E-state index contributed by atoms with van der Waals surface area (Å²) in [6.45, 7) is 3.93. The Morgan fingerprint density at radius 1 is 1.33 bits per heavy atom. The Kier molecular flexibility index (Phi) is 1.70. The summed E-state index contributed by atoms with van der Waals surface area (Å²) in [7, 11) is 0. The molecule has 0 fully saturated rings. The number of halogens is 1. The topological polar surface area (TPSA) is 0 Å². The molecule has 0 atom stereocenters. The van der Waals surface area contributed by atoms with Gasteiger partial charge in [-0.3, -0.25) is 0 Å². The standard InChI is InChI=1S/C11H8Cl/c1-8-6-7-11(12)10-5-3-2-4-9(8)10/h2-7H,1H2/q+1. The monoisotopic (exact) mass is 175 g/mol. The summed E-state index contributed by atoms with van der Waals surface area (Å²) in [5, 5.41) is 2.94. The third-order valence-electron chi connectivity index (χ3n) is 1.96. The van der Waals surface area contributed by atoms with Gasteiger partial charge in [0.15, 0.2) is 0 Å². The van der Waals surface area contributed by atoms with Crippen LogP contribution in [0.5, 0.6) is 0 Å². The summed E-state index contributed by atoms with van der Waals surface area (Å²) in [6, 6.07) is 3.82. The van der Waals surface area contributed by atoms with Gasteiger partial charge in [-0.2, -0.15) is 0 Å². The van der Waals surface area contributed by atoms with Crippen molar-refractivity contribution in [3.05, 3.63) is 51.7 Å². The minimum atomic E-state index is 0.790. The molecule has 0 unspecified atom stereocenters. The second-order valence-electron chi connectivity index (χ2n) is 2.75. The Bertz CT molecular complexity index is 441. The van der Waals surface area contributed by atoms with Crippen molar-refractivity contribution in [2.75, 3.05) is 0 Å². The minimum absolute atomic E-state index is 0.790. The van der Waals surface area contributed by atoms with Crippen LogP contribution in [0.15, 0.2) is 24.3 Å². The number of hydrogen-bond acceptors (Lipinski definition) is 0. The summed E-state index contributed by atoms with van der Waals surface area (Å²) >= 11 is 6.00. The Morgan fingerprint density at radius 3 is 2.92 bits per heavy atom. The second kappa shape index (κ2) is 2.72. The maximum absolute atomic E-state index is 6.00. The van der Waals surface area contributed by atoms with Gasteiger partial charge in [-0.15, -0.1) is 0 Å². The average molecular weight is 176 g/mol. The van der Waals surface area contributed by atoms with Gasteiger partial charge in [0.05, 0.1) is 5.22 Å². The molecule has 0 spiro atoms.